The first kappa shape index (κ1) is 19.6. The summed E-state index contributed by atoms with van der Waals surface area (Å²) < 4.78 is 0. The highest BCUT2D eigenvalue weighted by molar-refractivity contribution is 5.98. The van der Waals surface area contributed by atoms with Crippen LogP contribution in [0.15, 0.2) is 54.6 Å². The van der Waals surface area contributed by atoms with Crippen LogP contribution in [-0.2, 0) is 6.54 Å². The average Bonchev–Trinajstić information content (AvgIpc) is 2.76. The fourth-order valence-corrected chi connectivity index (χ4v) is 4.70. The Hall–Kier alpha value is -2.73. The van der Waals surface area contributed by atoms with E-state index in [2.05, 4.69) is 29.2 Å². The molecule has 0 radical (unpaired) electrons. The van der Waals surface area contributed by atoms with Crippen molar-refractivity contribution in [3.05, 3.63) is 75.8 Å². The van der Waals surface area contributed by atoms with Gasteiger partial charge in [0.25, 0.3) is 11.6 Å². The molecule has 6 nitrogen and oxygen atoms in total. The lowest BCUT2D eigenvalue weighted by molar-refractivity contribution is -0.385. The van der Waals surface area contributed by atoms with Crippen LogP contribution in [0, 0.1) is 15.5 Å². The Morgan fingerprint density at radius 1 is 0.897 bits per heavy atom. The zero-order valence-electron chi connectivity index (χ0n) is 16.6. The van der Waals surface area contributed by atoms with Gasteiger partial charge in [0.05, 0.1) is 4.92 Å². The van der Waals surface area contributed by atoms with Gasteiger partial charge in [-0.25, -0.2) is 0 Å². The van der Waals surface area contributed by atoms with Crippen molar-refractivity contribution >= 4 is 11.6 Å². The minimum Gasteiger partial charge on any atom is -0.338 e. The maximum Gasteiger partial charge on any atom is 0.282 e. The molecule has 0 aromatic heterocycles. The maximum atomic E-state index is 12.9. The summed E-state index contributed by atoms with van der Waals surface area (Å²) in [6.07, 6.45) is 4.29. The van der Waals surface area contributed by atoms with Crippen LogP contribution in [0.4, 0.5) is 5.69 Å². The largest absolute Gasteiger partial charge is 0.338 e. The lowest BCUT2D eigenvalue weighted by Gasteiger charge is -2.47. The first-order chi connectivity index (χ1) is 14.1. The SMILES string of the molecule is O=C(c1ccccc1[N+](=O)[O-])N1CCC2(CCN(Cc3ccccc3)CC2)CC1. The quantitative estimate of drug-likeness (QED) is 0.579. The second-order valence-corrected chi connectivity index (χ2v) is 8.33. The highest BCUT2D eigenvalue weighted by Gasteiger charge is 2.39. The number of hydrogen-bond acceptors (Lipinski definition) is 4. The summed E-state index contributed by atoms with van der Waals surface area (Å²) in [5.74, 6) is -0.214. The number of carbonyl (C=O) groups excluding carboxylic acids is 1. The number of carbonyl (C=O) groups is 1. The van der Waals surface area contributed by atoms with Crippen molar-refractivity contribution in [2.24, 2.45) is 5.41 Å². The number of amides is 1. The van der Waals surface area contributed by atoms with Gasteiger partial charge in [-0.15, -0.1) is 0 Å². The van der Waals surface area contributed by atoms with E-state index in [4.69, 9.17) is 0 Å². The van der Waals surface area contributed by atoms with E-state index < -0.39 is 4.92 Å². The summed E-state index contributed by atoms with van der Waals surface area (Å²) in [5, 5.41) is 11.2. The molecule has 0 N–H and O–H groups in total. The zero-order chi connectivity index (χ0) is 20.3. The third-order valence-electron chi connectivity index (χ3n) is 6.61. The van der Waals surface area contributed by atoms with E-state index in [1.807, 2.05) is 6.07 Å². The first-order valence-electron chi connectivity index (χ1n) is 10.4. The van der Waals surface area contributed by atoms with Gasteiger partial charge >= 0.3 is 0 Å². The molecule has 2 aliphatic rings. The summed E-state index contributed by atoms with van der Waals surface area (Å²) in [6.45, 7) is 4.55. The molecule has 2 aliphatic heterocycles. The lowest BCUT2D eigenvalue weighted by atomic mass is 9.71. The van der Waals surface area contributed by atoms with Crippen molar-refractivity contribution < 1.29 is 9.72 Å². The molecule has 2 aromatic carbocycles. The Labute approximate surface area is 171 Å². The number of benzene rings is 2. The van der Waals surface area contributed by atoms with Crippen LogP contribution in [-0.4, -0.2) is 46.8 Å². The number of piperidine rings is 2. The molecule has 0 saturated carbocycles. The summed E-state index contributed by atoms with van der Waals surface area (Å²) in [7, 11) is 0. The number of para-hydroxylation sites is 1. The Bertz CT molecular complexity index is 866. The van der Waals surface area contributed by atoms with Gasteiger partial charge < -0.3 is 4.90 Å². The first-order valence-corrected chi connectivity index (χ1v) is 10.4. The van der Waals surface area contributed by atoms with Gasteiger partial charge in [-0.1, -0.05) is 42.5 Å². The predicted octanol–water partition coefficient (Wildman–Crippen LogP) is 4.11. The second kappa shape index (κ2) is 8.33. The molecule has 29 heavy (non-hydrogen) atoms. The van der Waals surface area contributed by atoms with Gasteiger partial charge in [-0.2, -0.15) is 0 Å². The Kier molecular flexibility index (Phi) is 5.62. The number of hydrogen-bond donors (Lipinski definition) is 0. The molecule has 2 heterocycles. The normalized spacial score (nSPS) is 19.2. The van der Waals surface area contributed by atoms with Crippen LogP contribution < -0.4 is 0 Å². The summed E-state index contributed by atoms with van der Waals surface area (Å²) in [6, 6.07) is 16.8. The van der Waals surface area contributed by atoms with Gasteiger partial charge in [0.15, 0.2) is 0 Å². The van der Waals surface area contributed by atoms with Gasteiger partial charge in [0.1, 0.15) is 5.56 Å². The number of nitrogens with zero attached hydrogens (tertiary/aromatic N) is 3. The fourth-order valence-electron chi connectivity index (χ4n) is 4.70. The third kappa shape index (κ3) is 4.32. The molecule has 1 spiro atoms. The third-order valence-corrected chi connectivity index (χ3v) is 6.61. The molecule has 2 aromatic rings. The van der Waals surface area contributed by atoms with E-state index in [9.17, 15) is 14.9 Å². The maximum absolute atomic E-state index is 12.9. The summed E-state index contributed by atoms with van der Waals surface area (Å²) in [4.78, 5) is 28.0. The molecule has 152 valence electrons. The van der Waals surface area contributed by atoms with Crippen LogP contribution in [0.5, 0.6) is 0 Å². The summed E-state index contributed by atoms with van der Waals surface area (Å²) in [5.41, 5.74) is 1.76. The smallest absolute Gasteiger partial charge is 0.282 e. The molecule has 6 heteroatoms. The van der Waals surface area contributed by atoms with E-state index in [0.29, 0.717) is 18.5 Å². The Morgan fingerprint density at radius 3 is 2.14 bits per heavy atom. The molecule has 2 saturated heterocycles. The van der Waals surface area contributed by atoms with E-state index in [1.165, 1.54) is 11.6 Å². The molecule has 0 bridgehead atoms. The molecule has 0 unspecified atom stereocenters. The van der Waals surface area contributed by atoms with Gasteiger partial charge in [0.2, 0.25) is 0 Å². The molecule has 0 aliphatic carbocycles. The lowest BCUT2D eigenvalue weighted by Crippen LogP contribution is -2.48. The van der Waals surface area contributed by atoms with Gasteiger partial charge in [-0.05, 0) is 55.8 Å². The van der Waals surface area contributed by atoms with Crippen molar-refractivity contribution in [3.8, 4) is 0 Å². The Balaban J connectivity index is 1.33. The molecule has 0 atom stereocenters. The molecule has 2 fully saturated rings. The number of likely N-dealkylation sites (tertiary alicyclic amines) is 2. The van der Waals surface area contributed by atoms with E-state index in [-0.39, 0.29) is 17.2 Å². The summed E-state index contributed by atoms with van der Waals surface area (Å²) >= 11 is 0. The van der Waals surface area contributed by atoms with Crippen molar-refractivity contribution in [3.63, 3.8) is 0 Å². The number of nitro groups is 1. The van der Waals surface area contributed by atoms with Crippen LogP contribution in [0.25, 0.3) is 0 Å². The zero-order valence-corrected chi connectivity index (χ0v) is 16.6. The predicted molar refractivity (Wildman–Crippen MR) is 112 cm³/mol. The van der Waals surface area contributed by atoms with E-state index in [1.54, 1.807) is 23.1 Å². The molecule has 4 rings (SSSR count). The van der Waals surface area contributed by atoms with Crippen molar-refractivity contribution in [2.75, 3.05) is 26.2 Å². The Morgan fingerprint density at radius 2 is 1.48 bits per heavy atom. The number of rotatable bonds is 4. The minimum absolute atomic E-state index is 0.105. The molecular weight excluding hydrogens is 366 g/mol. The van der Waals surface area contributed by atoms with Crippen LogP contribution in [0.2, 0.25) is 0 Å². The average molecular weight is 393 g/mol. The van der Waals surface area contributed by atoms with Gasteiger partial charge in [0, 0.05) is 25.7 Å². The van der Waals surface area contributed by atoms with Crippen molar-refractivity contribution in [1.29, 1.82) is 0 Å². The topological polar surface area (TPSA) is 66.7 Å². The monoisotopic (exact) mass is 393 g/mol. The molecule has 1 amide bonds. The minimum atomic E-state index is -0.471. The fraction of sp³-hybridized carbons (Fsp3) is 0.435. The van der Waals surface area contributed by atoms with Crippen molar-refractivity contribution in [2.45, 2.75) is 32.2 Å². The standard InChI is InChI=1S/C23H27N3O3/c27-22(20-8-4-5-9-21(20)26(28)29)25-16-12-23(13-17-25)10-14-24(15-11-23)18-19-6-2-1-3-7-19/h1-9H,10-18H2. The molecular formula is C23H27N3O3. The van der Waals surface area contributed by atoms with Crippen LogP contribution in [0.3, 0.4) is 0 Å². The van der Waals surface area contributed by atoms with Crippen LogP contribution in [0.1, 0.15) is 41.6 Å². The van der Waals surface area contributed by atoms with E-state index in [0.717, 1.165) is 45.3 Å². The number of nitro benzene ring substituents is 1. The van der Waals surface area contributed by atoms with Gasteiger partial charge in [-0.3, -0.25) is 19.8 Å². The van der Waals surface area contributed by atoms with Crippen LogP contribution >= 0.6 is 0 Å². The highest BCUT2D eigenvalue weighted by atomic mass is 16.6. The van der Waals surface area contributed by atoms with E-state index >= 15 is 0 Å². The highest BCUT2D eigenvalue weighted by Crippen LogP contribution is 2.42. The van der Waals surface area contributed by atoms with Crippen molar-refractivity contribution in [1.82, 2.24) is 9.80 Å². The second-order valence-electron chi connectivity index (χ2n) is 8.33.